The summed E-state index contributed by atoms with van der Waals surface area (Å²) in [6, 6.07) is 17.2. The fourth-order valence-electron chi connectivity index (χ4n) is 5.29. The van der Waals surface area contributed by atoms with Gasteiger partial charge in [-0.15, -0.1) is 0 Å². The predicted octanol–water partition coefficient (Wildman–Crippen LogP) is 5.12. The highest BCUT2D eigenvalue weighted by atomic mass is 35.5. The number of anilines is 2. The zero-order valence-corrected chi connectivity index (χ0v) is 24.6. The van der Waals surface area contributed by atoms with E-state index in [1.165, 1.54) is 24.3 Å². The summed E-state index contributed by atoms with van der Waals surface area (Å²) in [7, 11) is 0. The molecule has 0 bridgehead atoms. The van der Waals surface area contributed by atoms with Gasteiger partial charge in [-0.05, 0) is 55.0 Å². The SMILES string of the molecule is Cc1cccc(NC(=O)COc2ccc(Cl)cc2C2c3sc(=O)[nH]c3SC3C(=O)N(c4ccc([N+](=O)[O-])cc4)C(=O)C32)c1. The monoisotopic (exact) mass is 636 g/mol. The van der Waals surface area contributed by atoms with Gasteiger partial charge in [0.1, 0.15) is 11.0 Å². The summed E-state index contributed by atoms with van der Waals surface area (Å²) in [5.41, 5.74) is 2.04. The minimum Gasteiger partial charge on any atom is -0.483 e. The van der Waals surface area contributed by atoms with Crippen molar-refractivity contribution >= 4 is 69.5 Å². The van der Waals surface area contributed by atoms with Crippen LogP contribution in [-0.2, 0) is 14.4 Å². The van der Waals surface area contributed by atoms with E-state index in [0.29, 0.717) is 26.2 Å². The quantitative estimate of drug-likeness (QED) is 0.161. The van der Waals surface area contributed by atoms with E-state index in [1.807, 2.05) is 25.1 Å². The van der Waals surface area contributed by atoms with Gasteiger partial charge in [0.15, 0.2) is 6.61 Å². The third-order valence-electron chi connectivity index (χ3n) is 7.11. The first kappa shape index (κ1) is 28.6. The number of carbonyl (C=O) groups excluding carboxylic acids is 3. The lowest BCUT2D eigenvalue weighted by molar-refractivity contribution is -0.384. The minimum absolute atomic E-state index is 0.181. The van der Waals surface area contributed by atoms with Crippen LogP contribution >= 0.6 is 34.7 Å². The molecule has 1 fully saturated rings. The second kappa shape index (κ2) is 11.3. The molecular formula is C29H21ClN4O7S2. The Morgan fingerprint density at radius 2 is 1.86 bits per heavy atom. The van der Waals surface area contributed by atoms with E-state index in [4.69, 9.17) is 16.3 Å². The second-order valence-corrected chi connectivity index (χ2v) is 12.5. The molecule has 14 heteroatoms. The van der Waals surface area contributed by atoms with Crippen LogP contribution in [0.5, 0.6) is 5.75 Å². The van der Waals surface area contributed by atoms with Crippen molar-refractivity contribution in [3.8, 4) is 5.75 Å². The van der Waals surface area contributed by atoms with Crippen LogP contribution in [0.15, 0.2) is 76.6 Å². The molecule has 0 saturated carbocycles. The standard InChI is InChI=1S/C29H21ClN4O7S2/c1-14-3-2-4-16(11-14)31-21(35)13-41-20-10-5-15(30)12-19(20)22-23-25(42-26-24(22)43-29(38)32-26)28(37)33(27(23)36)17-6-8-18(9-7-17)34(39)40/h2-12,22-23,25H,13H2,1H3,(H,31,35)(H,32,38). The minimum atomic E-state index is -0.950. The number of aromatic amines is 1. The van der Waals surface area contributed by atoms with Gasteiger partial charge in [0.2, 0.25) is 11.8 Å². The van der Waals surface area contributed by atoms with Crippen molar-refractivity contribution in [1.29, 1.82) is 0 Å². The Kier molecular flexibility index (Phi) is 7.54. The molecule has 3 atom stereocenters. The van der Waals surface area contributed by atoms with Crippen LogP contribution in [0.3, 0.4) is 0 Å². The van der Waals surface area contributed by atoms with E-state index in [2.05, 4.69) is 10.3 Å². The number of rotatable bonds is 7. The topological polar surface area (TPSA) is 152 Å². The van der Waals surface area contributed by atoms with Crippen LogP contribution in [0.1, 0.15) is 21.9 Å². The zero-order valence-electron chi connectivity index (χ0n) is 22.2. The number of aromatic nitrogens is 1. The molecule has 3 heterocycles. The number of H-pyrrole nitrogens is 1. The van der Waals surface area contributed by atoms with Crippen molar-refractivity contribution in [2.24, 2.45) is 5.92 Å². The van der Waals surface area contributed by atoms with Gasteiger partial charge in [0.25, 0.3) is 11.6 Å². The molecule has 0 spiro atoms. The van der Waals surface area contributed by atoms with Gasteiger partial charge in [-0.1, -0.05) is 46.8 Å². The highest BCUT2D eigenvalue weighted by Crippen LogP contribution is 2.54. The summed E-state index contributed by atoms with van der Waals surface area (Å²) < 4.78 is 5.95. The number of benzene rings is 3. The molecule has 3 unspecified atom stereocenters. The molecule has 3 amide bonds. The fourth-order valence-corrected chi connectivity index (χ4v) is 7.97. The third kappa shape index (κ3) is 5.42. The Bertz CT molecular complexity index is 1860. The number of halogens is 1. The van der Waals surface area contributed by atoms with E-state index in [-0.39, 0.29) is 28.6 Å². The average molecular weight is 637 g/mol. The third-order valence-corrected chi connectivity index (χ3v) is 9.75. The molecule has 1 aromatic heterocycles. The number of nitrogens with one attached hydrogen (secondary N) is 2. The lowest BCUT2D eigenvalue weighted by Gasteiger charge is -2.31. The fraction of sp³-hybridized carbons (Fsp3) is 0.172. The van der Waals surface area contributed by atoms with E-state index in [9.17, 15) is 29.3 Å². The molecule has 2 N–H and O–H groups in total. The summed E-state index contributed by atoms with van der Waals surface area (Å²) in [5.74, 6) is -2.95. The summed E-state index contributed by atoms with van der Waals surface area (Å²) >= 11 is 8.42. The predicted molar refractivity (Wildman–Crippen MR) is 162 cm³/mol. The zero-order chi connectivity index (χ0) is 30.4. The van der Waals surface area contributed by atoms with E-state index < -0.39 is 39.7 Å². The number of nitro groups is 1. The number of non-ortho nitro benzene ring substituents is 1. The summed E-state index contributed by atoms with van der Waals surface area (Å²) in [5, 5.41) is 13.8. The van der Waals surface area contributed by atoms with Crippen molar-refractivity contribution in [3.63, 3.8) is 0 Å². The summed E-state index contributed by atoms with van der Waals surface area (Å²) in [6.45, 7) is 1.55. The van der Waals surface area contributed by atoms with E-state index in [1.54, 1.807) is 24.3 Å². The van der Waals surface area contributed by atoms with Gasteiger partial charge >= 0.3 is 4.87 Å². The molecule has 2 aliphatic rings. The largest absolute Gasteiger partial charge is 0.483 e. The Hall–Kier alpha value is -4.46. The van der Waals surface area contributed by atoms with Crippen molar-refractivity contribution in [3.05, 3.63) is 108 Å². The number of aryl methyl sites for hydroxylation is 1. The molecule has 4 aromatic rings. The number of ether oxygens (including phenoxy) is 1. The number of imide groups is 1. The number of amides is 3. The lowest BCUT2D eigenvalue weighted by Crippen LogP contribution is -2.32. The smallest absolute Gasteiger partial charge is 0.305 e. The molecule has 3 aromatic carbocycles. The number of thiazole rings is 1. The van der Waals surface area contributed by atoms with Crippen molar-refractivity contribution in [1.82, 2.24) is 4.98 Å². The maximum absolute atomic E-state index is 14.0. The first-order chi connectivity index (χ1) is 20.6. The van der Waals surface area contributed by atoms with Gasteiger partial charge in [0.05, 0.1) is 21.6 Å². The van der Waals surface area contributed by atoms with Crippen LogP contribution in [0.2, 0.25) is 5.02 Å². The Labute approximate surface area is 257 Å². The lowest BCUT2D eigenvalue weighted by atomic mass is 9.82. The van der Waals surface area contributed by atoms with E-state index in [0.717, 1.165) is 33.6 Å². The second-order valence-electron chi connectivity index (χ2n) is 9.92. The molecule has 11 nitrogen and oxygen atoms in total. The number of nitrogens with zero attached hydrogens (tertiary/aromatic N) is 2. The van der Waals surface area contributed by atoms with Crippen molar-refractivity contribution < 1.29 is 24.0 Å². The highest BCUT2D eigenvalue weighted by Gasteiger charge is 2.57. The molecular weight excluding hydrogens is 616 g/mol. The summed E-state index contributed by atoms with van der Waals surface area (Å²) in [6.07, 6.45) is 0. The average Bonchev–Trinajstić information content (AvgIpc) is 3.46. The van der Waals surface area contributed by atoms with Gasteiger partial charge in [-0.2, -0.15) is 0 Å². The first-order valence-electron chi connectivity index (χ1n) is 12.9. The Balaban J connectivity index is 1.36. The maximum atomic E-state index is 14.0. The molecule has 0 radical (unpaired) electrons. The molecule has 1 saturated heterocycles. The summed E-state index contributed by atoms with van der Waals surface area (Å²) in [4.78, 5) is 67.4. The molecule has 6 rings (SSSR count). The van der Waals surface area contributed by atoms with Crippen LogP contribution in [-0.4, -0.2) is 39.5 Å². The number of hydrogen-bond donors (Lipinski definition) is 2. The van der Waals surface area contributed by atoms with Gasteiger partial charge in [-0.25, -0.2) is 4.90 Å². The van der Waals surface area contributed by atoms with Crippen molar-refractivity contribution in [2.75, 3.05) is 16.8 Å². The normalized spacial score (nSPS) is 19.1. The first-order valence-corrected chi connectivity index (χ1v) is 15.0. The molecule has 0 aliphatic carbocycles. The number of thioether (sulfide) groups is 1. The van der Waals surface area contributed by atoms with Crippen LogP contribution in [0, 0.1) is 23.0 Å². The highest BCUT2D eigenvalue weighted by molar-refractivity contribution is 8.00. The molecule has 218 valence electrons. The van der Waals surface area contributed by atoms with Crippen molar-refractivity contribution in [2.45, 2.75) is 23.1 Å². The van der Waals surface area contributed by atoms with Crippen LogP contribution in [0.4, 0.5) is 17.1 Å². The number of nitro benzene ring substituents is 1. The van der Waals surface area contributed by atoms with E-state index >= 15 is 0 Å². The Morgan fingerprint density at radius 1 is 1.09 bits per heavy atom. The van der Waals surface area contributed by atoms with Gasteiger partial charge in [-0.3, -0.25) is 29.3 Å². The number of fused-ring (bicyclic) bond motifs is 2. The van der Waals surface area contributed by atoms with Gasteiger partial charge < -0.3 is 15.0 Å². The number of hydrogen-bond acceptors (Lipinski definition) is 9. The van der Waals surface area contributed by atoms with Gasteiger partial charge in [0, 0.05) is 39.2 Å². The van der Waals surface area contributed by atoms with Crippen LogP contribution in [0.25, 0.3) is 0 Å². The molecule has 2 aliphatic heterocycles. The maximum Gasteiger partial charge on any atom is 0.305 e. The van der Waals surface area contributed by atoms with Crippen LogP contribution < -0.4 is 19.8 Å². The Morgan fingerprint density at radius 3 is 2.58 bits per heavy atom. The molecule has 43 heavy (non-hydrogen) atoms. The number of carbonyl (C=O) groups is 3.